The van der Waals surface area contributed by atoms with Gasteiger partial charge in [-0.1, -0.05) is 62.7 Å². The highest BCUT2D eigenvalue weighted by Gasteiger charge is 2.29. The Balaban J connectivity index is 1.98. The number of alkyl carbamates (subject to hydrolysis) is 1. The molecule has 2 atom stereocenters. The summed E-state index contributed by atoms with van der Waals surface area (Å²) in [6.45, 7) is 4.44. The molecule has 1 N–H and O–H groups in total. The molecule has 0 aliphatic heterocycles. The van der Waals surface area contributed by atoms with Crippen molar-refractivity contribution >= 4 is 12.0 Å². The fraction of sp³-hybridized carbons (Fsp3) is 0.348. The second-order valence-corrected chi connectivity index (χ2v) is 7.07. The first-order chi connectivity index (χ1) is 13.9. The molecule has 0 aromatic heterocycles. The lowest BCUT2D eigenvalue weighted by molar-refractivity contribution is -0.133. The molecule has 29 heavy (non-hydrogen) atoms. The van der Waals surface area contributed by atoms with Crippen LogP contribution in [0.25, 0.3) is 0 Å². The number of hydrogen-bond acceptors (Lipinski definition) is 4. The van der Waals surface area contributed by atoms with Gasteiger partial charge in [-0.05, 0) is 29.2 Å². The number of nitriles is 1. The van der Waals surface area contributed by atoms with Crippen LogP contribution < -0.4 is 5.32 Å². The number of amides is 2. The van der Waals surface area contributed by atoms with Crippen molar-refractivity contribution in [2.75, 3.05) is 7.05 Å². The van der Waals surface area contributed by atoms with Gasteiger partial charge in [-0.2, -0.15) is 5.26 Å². The van der Waals surface area contributed by atoms with Crippen molar-refractivity contribution in [2.45, 2.75) is 39.5 Å². The zero-order valence-corrected chi connectivity index (χ0v) is 17.1. The molecule has 0 aliphatic rings. The first kappa shape index (κ1) is 22.0. The lowest BCUT2D eigenvalue weighted by atomic mass is 9.98. The predicted molar refractivity (Wildman–Crippen MR) is 111 cm³/mol. The Hall–Kier alpha value is -3.33. The Morgan fingerprint density at radius 2 is 1.76 bits per heavy atom. The summed E-state index contributed by atoms with van der Waals surface area (Å²) >= 11 is 0. The van der Waals surface area contributed by atoms with E-state index < -0.39 is 12.1 Å². The number of nitrogens with one attached hydrogen (secondary N) is 1. The minimum atomic E-state index is -0.674. The number of likely N-dealkylation sites (N-methyl/N-ethyl adjacent to an activating group) is 1. The maximum Gasteiger partial charge on any atom is 0.408 e. The van der Waals surface area contributed by atoms with Gasteiger partial charge >= 0.3 is 6.09 Å². The van der Waals surface area contributed by atoms with Crippen molar-refractivity contribution in [3.05, 3.63) is 71.3 Å². The third-order valence-corrected chi connectivity index (χ3v) is 4.84. The highest BCUT2D eigenvalue weighted by Crippen LogP contribution is 2.14. The van der Waals surface area contributed by atoms with Gasteiger partial charge in [-0.25, -0.2) is 4.79 Å². The summed E-state index contributed by atoms with van der Waals surface area (Å²) in [5, 5.41) is 11.6. The van der Waals surface area contributed by atoms with Crippen molar-refractivity contribution < 1.29 is 14.3 Å². The molecule has 2 aromatic carbocycles. The summed E-state index contributed by atoms with van der Waals surface area (Å²) in [6, 6.07) is 17.9. The molecule has 0 heterocycles. The molecule has 0 saturated heterocycles. The third-order valence-electron chi connectivity index (χ3n) is 4.84. The minimum absolute atomic E-state index is 0.0461. The molecule has 0 spiro atoms. The Morgan fingerprint density at radius 3 is 2.34 bits per heavy atom. The molecule has 152 valence electrons. The summed E-state index contributed by atoms with van der Waals surface area (Å²) in [6.07, 6.45) is 0.124. The summed E-state index contributed by atoms with van der Waals surface area (Å²) < 4.78 is 5.28. The van der Waals surface area contributed by atoms with E-state index in [-0.39, 0.29) is 18.4 Å². The van der Waals surface area contributed by atoms with E-state index in [9.17, 15) is 9.59 Å². The van der Waals surface area contributed by atoms with Crippen LogP contribution in [0, 0.1) is 17.2 Å². The number of ether oxygens (including phenoxy) is 1. The normalized spacial score (nSPS) is 12.3. The van der Waals surface area contributed by atoms with Crippen LogP contribution in [0.4, 0.5) is 4.79 Å². The van der Waals surface area contributed by atoms with Crippen LogP contribution >= 0.6 is 0 Å². The maximum atomic E-state index is 13.0. The van der Waals surface area contributed by atoms with Crippen LogP contribution in [0.5, 0.6) is 0 Å². The highest BCUT2D eigenvalue weighted by atomic mass is 16.5. The van der Waals surface area contributed by atoms with Crippen molar-refractivity contribution in [3.8, 4) is 6.07 Å². The van der Waals surface area contributed by atoms with Crippen molar-refractivity contribution in [1.82, 2.24) is 10.2 Å². The topological polar surface area (TPSA) is 82.4 Å². The molecule has 0 radical (unpaired) electrons. The van der Waals surface area contributed by atoms with Crippen molar-refractivity contribution in [3.63, 3.8) is 0 Å². The number of carbonyl (C=O) groups excluding carboxylic acids is 2. The van der Waals surface area contributed by atoms with Gasteiger partial charge in [0.2, 0.25) is 5.91 Å². The van der Waals surface area contributed by atoms with Crippen LogP contribution in [-0.4, -0.2) is 30.0 Å². The van der Waals surface area contributed by atoms with E-state index in [0.717, 1.165) is 17.5 Å². The number of carbonyl (C=O) groups is 2. The van der Waals surface area contributed by atoms with Crippen LogP contribution in [-0.2, 0) is 22.7 Å². The van der Waals surface area contributed by atoms with E-state index in [1.807, 2.05) is 56.3 Å². The van der Waals surface area contributed by atoms with E-state index in [2.05, 4.69) is 11.4 Å². The number of nitrogens with zero attached hydrogens (tertiary/aromatic N) is 2. The van der Waals surface area contributed by atoms with Crippen LogP contribution in [0.3, 0.4) is 0 Å². The second-order valence-electron chi connectivity index (χ2n) is 7.07. The second kappa shape index (κ2) is 10.9. The fourth-order valence-electron chi connectivity index (χ4n) is 2.85. The lowest BCUT2D eigenvalue weighted by Gasteiger charge is -2.28. The molecule has 0 saturated carbocycles. The monoisotopic (exact) mass is 393 g/mol. The van der Waals surface area contributed by atoms with Crippen LogP contribution in [0.2, 0.25) is 0 Å². The van der Waals surface area contributed by atoms with E-state index in [1.165, 1.54) is 0 Å². The van der Waals surface area contributed by atoms with Crippen molar-refractivity contribution in [1.29, 1.82) is 5.26 Å². The van der Waals surface area contributed by atoms with E-state index in [0.29, 0.717) is 12.1 Å². The molecule has 6 nitrogen and oxygen atoms in total. The average Bonchev–Trinajstić information content (AvgIpc) is 2.76. The Bertz CT molecular complexity index is 844. The summed E-state index contributed by atoms with van der Waals surface area (Å²) in [5.41, 5.74) is 2.37. The third kappa shape index (κ3) is 6.65. The van der Waals surface area contributed by atoms with Gasteiger partial charge in [0, 0.05) is 13.6 Å². The van der Waals surface area contributed by atoms with E-state index in [4.69, 9.17) is 10.00 Å². The Morgan fingerprint density at radius 1 is 1.10 bits per heavy atom. The van der Waals surface area contributed by atoms with Gasteiger partial charge in [0.15, 0.2) is 0 Å². The smallest absolute Gasteiger partial charge is 0.408 e. The molecule has 6 heteroatoms. The van der Waals surface area contributed by atoms with Crippen LogP contribution in [0.1, 0.15) is 37.0 Å². The van der Waals surface area contributed by atoms with Gasteiger partial charge in [0.25, 0.3) is 0 Å². The number of benzene rings is 2. The minimum Gasteiger partial charge on any atom is -0.445 e. The van der Waals surface area contributed by atoms with Gasteiger partial charge < -0.3 is 15.0 Å². The van der Waals surface area contributed by atoms with E-state index in [1.54, 1.807) is 24.1 Å². The zero-order valence-electron chi connectivity index (χ0n) is 17.1. The molecule has 2 rings (SSSR count). The number of hydrogen-bond donors (Lipinski definition) is 1. The molecular weight excluding hydrogens is 366 g/mol. The average molecular weight is 393 g/mol. The fourth-order valence-corrected chi connectivity index (χ4v) is 2.85. The number of rotatable bonds is 8. The van der Waals surface area contributed by atoms with Gasteiger partial charge in [-0.3, -0.25) is 4.79 Å². The van der Waals surface area contributed by atoms with Gasteiger partial charge in [0.05, 0.1) is 11.6 Å². The molecular formula is C23H27N3O3. The maximum absolute atomic E-state index is 13.0. The van der Waals surface area contributed by atoms with E-state index >= 15 is 0 Å². The SMILES string of the molecule is CC[C@H](C)[C@H](NC(=O)OCc1ccccc1)C(=O)N(C)Cc1ccc(C#N)cc1. The van der Waals surface area contributed by atoms with Gasteiger partial charge in [-0.15, -0.1) is 0 Å². The van der Waals surface area contributed by atoms with Crippen LogP contribution in [0.15, 0.2) is 54.6 Å². The van der Waals surface area contributed by atoms with Gasteiger partial charge in [0.1, 0.15) is 12.6 Å². The Labute approximate surface area is 172 Å². The summed E-state index contributed by atoms with van der Waals surface area (Å²) in [4.78, 5) is 26.8. The lowest BCUT2D eigenvalue weighted by Crippen LogP contribution is -2.50. The summed E-state index contributed by atoms with van der Waals surface area (Å²) in [5.74, 6) is -0.226. The molecule has 0 aliphatic carbocycles. The first-order valence-electron chi connectivity index (χ1n) is 9.65. The summed E-state index contributed by atoms with van der Waals surface area (Å²) in [7, 11) is 1.70. The zero-order chi connectivity index (χ0) is 21.2. The largest absolute Gasteiger partial charge is 0.445 e. The predicted octanol–water partition coefficient (Wildman–Crippen LogP) is 3.86. The molecule has 2 amide bonds. The Kier molecular flexibility index (Phi) is 8.23. The first-order valence-corrected chi connectivity index (χ1v) is 9.65. The molecule has 0 bridgehead atoms. The van der Waals surface area contributed by atoms with Crippen molar-refractivity contribution in [2.24, 2.45) is 5.92 Å². The molecule has 0 fully saturated rings. The highest BCUT2D eigenvalue weighted by molar-refractivity contribution is 5.85. The molecule has 2 aromatic rings. The standard InChI is InChI=1S/C23H27N3O3/c1-4-17(2)21(25-23(28)29-16-20-8-6-5-7-9-20)22(27)26(3)15-19-12-10-18(14-24)11-13-19/h5-13,17,21H,4,15-16H2,1-3H3,(H,25,28)/t17-,21-/m0/s1. The quantitative estimate of drug-likeness (QED) is 0.738. The molecule has 0 unspecified atom stereocenters.